The van der Waals surface area contributed by atoms with Crippen molar-refractivity contribution in [3.05, 3.63) is 0 Å². The maximum atomic E-state index is 2.39. The second kappa shape index (κ2) is 41.2. The van der Waals surface area contributed by atoms with Crippen LogP contribution in [0.15, 0.2) is 0 Å². The van der Waals surface area contributed by atoms with Crippen LogP contribution in [-0.2, 0) is 17.5 Å². The van der Waals surface area contributed by atoms with E-state index in [9.17, 15) is 0 Å². The van der Waals surface area contributed by atoms with E-state index in [4.69, 9.17) is 0 Å². The van der Waals surface area contributed by atoms with Gasteiger partial charge in [0.15, 0.2) is 0 Å². The summed E-state index contributed by atoms with van der Waals surface area (Å²) in [5.41, 5.74) is 0. The van der Waals surface area contributed by atoms with Crippen molar-refractivity contribution < 1.29 is 17.5 Å². The number of hydrogen-bond donors (Lipinski definition) is 0. The van der Waals surface area contributed by atoms with Gasteiger partial charge < -0.3 is 0 Å². The molecule has 0 rings (SSSR count). The third-order valence-electron chi connectivity index (χ3n) is 12.1. The Kier molecular flexibility index (Phi) is 42.4. The van der Waals surface area contributed by atoms with Crippen LogP contribution >= 0.6 is 10.7 Å². The van der Waals surface area contributed by atoms with E-state index in [1.54, 1.807) is 114 Å². The molecule has 51 heavy (non-hydrogen) atoms. The molecule has 0 radical (unpaired) electrons. The average molecular weight is 938 g/mol. The summed E-state index contributed by atoms with van der Waals surface area (Å²) in [6, 6.07) is 0. The van der Waals surface area contributed by atoms with Crippen LogP contribution in [0, 0.1) is 0 Å². The van der Waals surface area contributed by atoms with Crippen molar-refractivity contribution in [2.45, 2.75) is 273 Å². The molecule has 0 spiro atoms. The van der Waals surface area contributed by atoms with Gasteiger partial charge in [-0.05, 0) is 0 Å². The first-order chi connectivity index (χ1) is 25.1. The molecule has 0 unspecified atom stereocenters. The van der Waals surface area contributed by atoms with Gasteiger partial charge in [0, 0.05) is 0 Å². The van der Waals surface area contributed by atoms with Gasteiger partial charge in [-0.1, -0.05) is 0 Å². The first-order valence-electron chi connectivity index (χ1n) is 24.7. The summed E-state index contributed by atoms with van der Waals surface area (Å²) in [6.07, 6.45) is 65.1. The monoisotopic (exact) mass is 938 g/mol. The Morgan fingerprint density at radius 2 is 0.333 bits per heavy atom. The Morgan fingerprint density at radius 1 is 0.196 bits per heavy atom. The van der Waals surface area contributed by atoms with Crippen LogP contribution in [0.4, 0.5) is 0 Å². The van der Waals surface area contributed by atoms with Gasteiger partial charge >= 0.3 is 338 Å². The van der Waals surface area contributed by atoms with Gasteiger partial charge in [-0.25, -0.2) is 0 Å². The van der Waals surface area contributed by atoms with Gasteiger partial charge in [0.2, 0.25) is 0 Å². The van der Waals surface area contributed by atoms with Crippen LogP contribution in [0.5, 0.6) is 0 Å². The van der Waals surface area contributed by atoms with Crippen LogP contribution in [0.2, 0.25) is 0 Å². The molecule has 0 atom stereocenters. The van der Waals surface area contributed by atoms with Crippen molar-refractivity contribution in [1.82, 2.24) is 0 Å². The third-order valence-corrected chi connectivity index (χ3v) is 54.0. The maximum absolute atomic E-state index is 2.39. The van der Waals surface area contributed by atoms with Crippen LogP contribution < -0.4 is 0 Å². The third kappa shape index (κ3) is 33.4. The Bertz CT molecular complexity index is 516. The van der Waals surface area contributed by atoms with E-state index in [1.807, 2.05) is 0 Å². The Morgan fingerprint density at radius 3 is 0.490 bits per heavy atom. The van der Waals surface area contributed by atoms with E-state index >= 15 is 0 Å². The minimum absolute atomic E-state index is 0.407. The Hall–Kier alpha value is 1.55. The number of rotatable bonds is 44. The molecule has 0 saturated heterocycles. The van der Waals surface area contributed by atoms with Crippen LogP contribution in [0.3, 0.4) is 0 Å². The Labute approximate surface area is 336 Å². The molecule has 0 N–H and O–H groups in total. The molecule has 0 aromatic carbocycles. The first-order valence-corrected chi connectivity index (χ1v) is 36.4. The minimum atomic E-state index is -1.21. The summed E-state index contributed by atoms with van der Waals surface area (Å²) in [4.78, 5) is 0. The molecule has 0 amide bonds. The molecule has 0 fully saturated rings. The zero-order valence-corrected chi connectivity index (χ0v) is 41.3. The van der Waals surface area contributed by atoms with Crippen LogP contribution in [0.25, 0.3) is 0 Å². The molecular weight excluding hydrogens is 834 g/mol. The molecular formula is C48H104P2Pt. The zero-order chi connectivity index (χ0) is 37.4. The van der Waals surface area contributed by atoms with E-state index in [0.29, 0.717) is 17.5 Å². The zero-order valence-electron chi connectivity index (χ0n) is 37.0. The first kappa shape index (κ1) is 52.5. The van der Waals surface area contributed by atoms with Gasteiger partial charge in [0.1, 0.15) is 0 Å². The van der Waals surface area contributed by atoms with Crippen molar-refractivity contribution >= 4 is 10.7 Å². The SMILES string of the molecule is CCCCCCCC[PH](CCCCCCCC)(CCCCCCCC)[Pt][PH](CCCCCCCC)(CCCCCCCC)CCCCCCCC. The van der Waals surface area contributed by atoms with Gasteiger partial charge in [0.25, 0.3) is 0 Å². The molecule has 0 aromatic heterocycles. The number of hydrogen-bond acceptors (Lipinski definition) is 0. The van der Waals surface area contributed by atoms with Gasteiger partial charge in [-0.2, -0.15) is 0 Å². The topological polar surface area (TPSA) is 0 Å². The molecule has 0 saturated carbocycles. The van der Waals surface area contributed by atoms with Crippen molar-refractivity contribution in [2.75, 3.05) is 37.0 Å². The predicted octanol–water partition coefficient (Wildman–Crippen LogP) is 18.6. The molecule has 0 aromatic rings. The fourth-order valence-corrected chi connectivity index (χ4v) is 65.6. The molecule has 3 heteroatoms. The van der Waals surface area contributed by atoms with Gasteiger partial charge in [0.05, 0.1) is 0 Å². The molecule has 0 nitrogen and oxygen atoms in total. The average Bonchev–Trinajstić information content (AvgIpc) is 3.13. The normalized spacial score (nSPS) is 13.1. The molecule has 0 aliphatic heterocycles. The van der Waals surface area contributed by atoms with E-state index in [-0.39, 0.29) is 0 Å². The Balaban J connectivity index is 6.35. The molecule has 0 bridgehead atoms. The summed E-state index contributed by atoms with van der Waals surface area (Å²) in [5, 5.41) is -2.41. The van der Waals surface area contributed by atoms with Crippen LogP contribution in [0.1, 0.15) is 273 Å². The summed E-state index contributed by atoms with van der Waals surface area (Å²) in [5.74, 6) is 0. The standard InChI is InChI=1S/2C24H51P.Pt/c2*1-4-7-10-13-16-19-22-25(23-20-17-14-11-8-5-2)24-21-18-15-12-9-6-3;/h2*4-24H2,1-3H3;/q;;-2/p+2. The van der Waals surface area contributed by atoms with Crippen molar-refractivity contribution in [2.24, 2.45) is 0 Å². The van der Waals surface area contributed by atoms with Gasteiger partial charge in [-0.15, -0.1) is 0 Å². The molecule has 0 aliphatic carbocycles. The number of unbranched alkanes of at least 4 members (excludes halogenated alkanes) is 30. The summed E-state index contributed by atoms with van der Waals surface area (Å²) in [6.45, 7) is 14.4. The summed E-state index contributed by atoms with van der Waals surface area (Å²) in [7, 11) is 0. The van der Waals surface area contributed by atoms with Crippen molar-refractivity contribution in [3.63, 3.8) is 0 Å². The van der Waals surface area contributed by atoms with E-state index in [0.717, 1.165) is 0 Å². The molecule has 316 valence electrons. The van der Waals surface area contributed by atoms with Gasteiger partial charge in [-0.3, -0.25) is 0 Å². The van der Waals surface area contributed by atoms with E-state index < -0.39 is 10.7 Å². The summed E-state index contributed by atoms with van der Waals surface area (Å²) >= 11 is 0.407. The fraction of sp³-hybridized carbons (Fsp3) is 1.00. The molecule has 0 heterocycles. The fourth-order valence-electron chi connectivity index (χ4n) is 8.61. The van der Waals surface area contributed by atoms with Crippen LogP contribution in [-0.4, -0.2) is 37.0 Å². The predicted molar refractivity (Wildman–Crippen MR) is 246 cm³/mol. The second-order valence-corrected chi connectivity index (χ2v) is 44.9. The van der Waals surface area contributed by atoms with E-state index in [1.165, 1.54) is 154 Å². The second-order valence-electron chi connectivity index (χ2n) is 17.4. The quantitative estimate of drug-likeness (QED) is 0.0422. The van der Waals surface area contributed by atoms with Crippen molar-refractivity contribution in [1.29, 1.82) is 0 Å². The summed E-state index contributed by atoms with van der Waals surface area (Å²) < 4.78 is 0. The molecule has 0 aliphatic rings. The van der Waals surface area contributed by atoms with E-state index in [2.05, 4.69) is 41.5 Å². The van der Waals surface area contributed by atoms with Crippen molar-refractivity contribution in [3.8, 4) is 0 Å².